The molecule has 21 heavy (non-hydrogen) atoms. The van der Waals surface area contributed by atoms with Gasteiger partial charge in [-0.2, -0.15) is 0 Å². The minimum atomic E-state index is 0.101. The summed E-state index contributed by atoms with van der Waals surface area (Å²) in [6.45, 7) is 6.50. The van der Waals surface area contributed by atoms with E-state index < -0.39 is 0 Å². The monoisotopic (exact) mass is 317 g/mol. The van der Waals surface area contributed by atoms with Crippen molar-refractivity contribution in [2.24, 2.45) is 0 Å². The summed E-state index contributed by atoms with van der Waals surface area (Å²) in [5, 5.41) is 0.698. The van der Waals surface area contributed by atoms with E-state index in [2.05, 4.69) is 25.8 Å². The Morgan fingerprint density at radius 3 is 2.52 bits per heavy atom. The Morgan fingerprint density at radius 2 is 1.81 bits per heavy atom. The molecule has 2 aromatic carbocycles. The number of fused-ring (bicyclic) bond motifs is 1. The van der Waals surface area contributed by atoms with Gasteiger partial charge in [-0.05, 0) is 24.3 Å². The Morgan fingerprint density at radius 1 is 1.05 bits per heavy atom. The summed E-state index contributed by atoms with van der Waals surface area (Å²) in [4.78, 5) is 5.57. The molecule has 4 heteroatoms. The molecule has 0 unspecified atom stereocenters. The van der Waals surface area contributed by atoms with Gasteiger partial charge in [0.15, 0.2) is 5.58 Å². The SMILES string of the molecule is CC(C)(C)Sc1cccc(-c2nc3ccccc3o2)c1Cl. The molecule has 3 aromatic rings. The number of hydrogen-bond donors (Lipinski definition) is 0. The first-order chi connectivity index (χ1) is 9.94. The van der Waals surface area contributed by atoms with Crippen molar-refractivity contribution < 1.29 is 4.42 Å². The topological polar surface area (TPSA) is 26.0 Å². The van der Waals surface area contributed by atoms with Crippen LogP contribution in [0.5, 0.6) is 0 Å². The average molecular weight is 318 g/mol. The third kappa shape index (κ3) is 3.09. The van der Waals surface area contributed by atoms with Crippen LogP contribution in [0.3, 0.4) is 0 Å². The van der Waals surface area contributed by atoms with E-state index in [9.17, 15) is 0 Å². The number of rotatable bonds is 2. The number of oxazole rings is 1. The number of para-hydroxylation sites is 2. The quantitative estimate of drug-likeness (QED) is 0.539. The second kappa shape index (κ2) is 5.39. The first kappa shape index (κ1) is 14.5. The van der Waals surface area contributed by atoms with Gasteiger partial charge in [-0.3, -0.25) is 0 Å². The van der Waals surface area contributed by atoms with Gasteiger partial charge in [0.05, 0.1) is 10.6 Å². The summed E-state index contributed by atoms with van der Waals surface area (Å²) < 4.78 is 5.92. The van der Waals surface area contributed by atoms with Crippen LogP contribution in [-0.4, -0.2) is 9.73 Å². The zero-order valence-corrected chi connectivity index (χ0v) is 13.8. The fourth-order valence-electron chi connectivity index (χ4n) is 2.07. The Labute approximate surface area is 133 Å². The van der Waals surface area contributed by atoms with Gasteiger partial charge >= 0.3 is 0 Å². The van der Waals surface area contributed by atoms with Crippen molar-refractivity contribution in [3.63, 3.8) is 0 Å². The highest BCUT2D eigenvalue weighted by Crippen LogP contribution is 2.41. The normalized spacial score (nSPS) is 12.0. The van der Waals surface area contributed by atoms with Gasteiger partial charge in [0.25, 0.3) is 0 Å². The lowest BCUT2D eigenvalue weighted by Gasteiger charge is -2.18. The number of thioether (sulfide) groups is 1. The maximum atomic E-state index is 6.56. The van der Waals surface area contributed by atoms with Crippen LogP contribution in [0.4, 0.5) is 0 Å². The molecule has 2 nitrogen and oxygen atoms in total. The Balaban J connectivity index is 2.08. The summed E-state index contributed by atoms with van der Waals surface area (Å²) in [5.41, 5.74) is 2.46. The number of nitrogens with zero attached hydrogens (tertiary/aromatic N) is 1. The molecule has 1 aromatic heterocycles. The van der Waals surface area contributed by atoms with Gasteiger partial charge in [-0.25, -0.2) is 4.98 Å². The standard InChI is InChI=1S/C17H16ClNOS/c1-17(2,3)21-14-10-6-7-11(15(14)18)16-19-12-8-4-5-9-13(12)20-16/h4-10H,1-3H3. The average Bonchev–Trinajstić information content (AvgIpc) is 2.83. The first-order valence-corrected chi connectivity index (χ1v) is 7.97. The number of halogens is 1. The molecule has 108 valence electrons. The molecule has 0 bridgehead atoms. The molecule has 0 radical (unpaired) electrons. The van der Waals surface area contributed by atoms with E-state index in [1.54, 1.807) is 11.8 Å². The predicted octanol–water partition coefficient (Wildman–Crippen LogP) is 6.04. The lowest BCUT2D eigenvalue weighted by atomic mass is 10.2. The van der Waals surface area contributed by atoms with Crippen LogP contribution in [0.15, 0.2) is 51.8 Å². The molecule has 3 rings (SSSR count). The highest BCUT2D eigenvalue weighted by Gasteiger charge is 2.18. The van der Waals surface area contributed by atoms with Crippen LogP contribution in [0, 0.1) is 0 Å². The molecule has 0 saturated heterocycles. The molecule has 0 aliphatic rings. The smallest absolute Gasteiger partial charge is 0.228 e. The van der Waals surface area contributed by atoms with Crippen LogP contribution in [-0.2, 0) is 0 Å². The van der Waals surface area contributed by atoms with Crippen molar-refractivity contribution in [3.05, 3.63) is 47.5 Å². The van der Waals surface area contributed by atoms with Gasteiger partial charge < -0.3 is 4.42 Å². The maximum absolute atomic E-state index is 6.56. The molecule has 0 aliphatic heterocycles. The second-order valence-electron chi connectivity index (χ2n) is 5.82. The molecular formula is C17H16ClNOS. The van der Waals surface area contributed by atoms with Crippen molar-refractivity contribution >= 4 is 34.5 Å². The molecule has 0 spiro atoms. The summed E-state index contributed by atoms with van der Waals surface area (Å²) in [5.74, 6) is 0.567. The second-order valence-corrected chi connectivity index (χ2v) is 8.07. The van der Waals surface area contributed by atoms with Crippen LogP contribution < -0.4 is 0 Å². The van der Waals surface area contributed by atoms with Crippen LogP contribution in [0.1, 0.15) is 20.8 Å². The van der Waals surface area contributed by atoms with Gasteiger partial charge in [0, 0.05) is 9.64 Å². The molecule has 1 heterocycles. The first-order valence-electron chi connectivity index (χ1n) is 6.77. The summed E-state index contributed by atoms with van der Waals surface area (Å²) in [6, 6.07) is 13.7. The molecule has 0 saturated carbocycles. The van der Waals surface area contributed by atoms with E-state index in [1.807, 2.05) is 42.5 Å². The Bertz CT molecular complexity index is 756. The summed E-state index contributed by atoms with van der Waals surface area (Å²) >= 11 is 8.30. The lowest BCUT2D eigenvalue weighted by molar-refractivity contribution is 0.619. The third-order valence-corrected chi connectivity index (χ3v) is 4.60. The molecule has 0 aliphatic carbocycles. The Hall–Kier alpha value is -1.45. The molecule has 0 N–H and O–H groups in total. The molecular weight excluding hydrogens is 302 g/mol. The van der Waals surface area contributed by atoms with E-state index in [4.69, 9.17) is 16.0 Å². The highest BCUT2D eigenvalue weighted by molar-refractivity contribution is 8.00. The zero-order valence-electron chi connectivity index (χ0n) is 12.2. The van der Waals surface area contributed by atoms with E-state index in [1.165, 1.54) is 0 Å². The molecule has 0 atom stereocenters. The highest BCUT2D eigenvalue weighted by atomic mass is 35.5. The van der Waals surface area contributed by atoms with Gasteiger partial charge in [-0.15, -0.1) is 11.8 Å². The summed E-state index contributed by atoms with van der Waals surface area (Å²) in [6.07, 6.45) is 0. The van der Waals surface area contributed by atoms with Crippen molar-refractivity contribution in [1.29, 1.82) is 0 Å². The minimum absolute atomic E-state index is 0.101. The molecule has 0 amide bonds. The van der Waals surface area contributed by atoms with Crippen molar-refractivity contribution in [1.82, 2.24) is 4.98 Å². The summed E-state index contributed by atoms with van der Waals surface area (Å²) in [7, 11) is 0. The van der Waals surface area contributed by atoms with Crippen LogP contribution in [0.25, 0.3) is 22.6 Å². The zero-order chi connectivity index (χ0) is 15.0. The third-order valence-electron chi connectivity index (χ3n) is 2.90. The fraction of sp³-hybridized carbons (Fsp3) is 0.235. The Kier molecular flexibility index (Phi) is 3.72. The van der Waals surface area contributed by atoms with Crippen molar-refractivity contribution in [2.45, 2.75) is 30.4 Å². The van der Waals surface area contributed by atoms with Crippen molar-refractivity contribution in [2.75, 3.05) is 0 Å². The van der Waals surface area contributed by atoms with E-state index >= 15 is 0 Å². The number of aromatic nitrogens is 1. The van der Waals surface area contributed by atoms with E-state index in [0.29, 0.717) is 10.9 Å². The minimum Gasteiger partial charge on any atom is -0.436 e. The number of hydrogen-bond acceptors (Lipinski definition) is 3. The largest absolute Gasteiger partial charge is 0.436 e. The van der Waals surface area contributed by atoms with Gasteiger partial charge in [0.2, 0.25) is 5.89 Å². The lowest BCUT2D eigenvalue weighted by Crippen LogP contribution is -2.06. The predicted molar refractivity (Wildman–Crippen MR) is 90.1 cm³/mol. The van der Waals surface area contributed by atoms with Crippen LogP contribution in [0.2, 0.25) is 5.02 Å². The number of benzene rings is 2. The maximum Gasteiger partial charge on any atom is 0.228 e. The molecule has 0 fully saturated rings. The van der Waals surface area contributed by atoms with E-state index in [-0.39, 0.29) is 4.75 Å². The van der Waals surface area contributed by atoms with Gasteiger partial charge in [0.1, 0.15) is 5.52 Å². The fourth-order valence-corrected chi connectivity index (χ4v) is 3.40. The van der Waals surface area contributed by atoms with Crippen LogP contribution >= 0.6 is 23.4 Å². The van der Waals surface area contributed by atoms with Gasteiger partial charge in [-0.1, -0.05) is 50.6 Å². The van der Waals surface area contributed by atoms with Crippen molar-refractivity contribution in [3.8, 4) is 11.5 Å². The van der Waals surface area contributed by atoms with E-state index in [0.717, 1.165) is 21.6 Å².